The summed E-state index contributed by atoms with van der Waals surface area (Å²) in [4.78, 5) is 58.1. The van der Waals surface area contributed by atoms with Crippen LogP contribution in [-0.4, -0.2) is 104 Å². The average molecular weight is 659 g/mol. The van der Waals surface area contributed by atoms with Crippen LogP contribution in [0.5, 0.6) is 5.75 Å². The van der Waals surface area contributed by atoms with E-state index in [1.165, 1.54) is 7.11 Å². The van der Waals surface area contributed by atoms with Crippen LogP contribution in [0.1, 0.15) is 30.4 Å². The molecular formula is C36H46N6O6. The van der Waals surface area contributed by atoms with Crippen molar-refractivity contribution in [3.05, 3.63) is 83.9 Å². The number of hydrogen-bond acceptors (Lipinski definition) is 6. The number of rotatable bonds is 13. The normalized spacial score (nSPS) is 12.9. The van der Waals surface area contributed by atoms with E-state index in [9.17, 15) is 24.3 Å². The molecule has 4 rings (SSSR count). The smallest absolute Gasteiger partial charge is 0.323 e. The molecule has 1 saturated heterocycles. The highest BCUT2D eigenvalue weighted by atomic mass is 16.5. The van der Waals surface area contributed by atoms with Crippen LogP contribution < -0.4 is 20.3 Å². The third-order valence-electron chi connectivity index (χ3n) is 8.37. The van der Waals surface area contributed by atoms with E-state index < -0.39 is 12.0 Å². The molecule has 1 aliphatic heterocycles. The molecule has 0 bridgehead atoms. The fourth-order valence-corrected chi connectivity index (χ4v) is 5.63. The lowest BCUT2D eigenvalue weighted by Gasteiger charge is -2.30. The summed E-state index contributed by atoms with van der Waals surface area (Å²) >= 11 is 0. The Morgan fingerprint density at radius 2 is 1.52 bits per heavy atom. The number of aliphatic carboxylic acids is 1. The number of ether oxygens (including phenoxy) is 1. The van der Waals surface area contributed by atoms with Crippen LogP contribution in [0, 0.1) is 6.92 Å². The zero-order valence-corrected chi connectivity index (χ0v) is 28.0. The number of methoxy groups -OCH3 is 1. The van der Waals surface area contributed by atoms with E-state index in [-0.39, 0.29) is 31.3 Å². The molecule has 48 heavy (non-hydrogen) atoms. The summed E-state index contributed by atoms with van der Waals surface area (Å²) in [5.41, 5.74) is 3.92. The van der Waals surface area contributed by atoms with Gasteiger partial charge in [0.1, 0.15) is 5.75 Å². The van der Waals surface area contributed by atoms with Crippen LogP contribution in [0.15, 0.2) is 72.8 Å². The van der Waals surface area contributed by atoms with Gasteiger partial charge in [-0.2, -0.15) is 0 Å². The van der Waals surface area contributed by atoms with E-state index in [0.717, 1.165) is 16.8 Å². The standard InChI is InChI=1S/C36H46N6O6/c1-27-11-7-8-14-30(27)37-35(46)38-31-16-15-28(25-32(31)48-3)26-33(43)40-19-10-21-42(24-23-40)36(47)41(22-17-34(44)45)20-9-18-39(2)29-12-5-4-6-13-29/h4-8,11-16,25H,9-10,17-24,26H2,1-3H3,(H,44,45)(H2,37,38,46). The number of carbonyl (C=O) groups excluding carboxylic acids is 3. The zero-order valence-electron chi connectivity index (χ0n) is 28.0. The van der Waals surface area contributed by atoms with E-state index in [2.05, 4.69) is 15.5 Å². The number of benzene rings is 3. The number of nitrogens with zero attached hydrogens (tertiary/aromatic N) is 4. The average Bonchev–Trinajstić information content (AvgIpc) is 3.34. The van der Waals surface area contributed by atoms with Crippen molar-refractivity contribution in [1.29, 1.82) is 0 Å². The molecule has 0 spiro atoms. The van der Waals surface area contributed by atoms with Gasteiger partial charge >= 0.3 is 18.0 Å². The Labute approximate surface area is 282 Å². The van der Waals surface area contributed by atoms with Crippen molar-refractivity contribution in [3.63, 3.8) is 0 Å². The van der Waals surface area contributed by atoms with Crippen molar-refractivity contribution in [2.45, 2.75) is 32.6 Å². The molecule has 1 fully saturated rings. The summed E-state index contributed by atoms with van der Waals surface area (Å²) in [6.07, 6.45) is 1.31. The highest BCUT2D eigenvalue weighted by molar-refractivity contribution is 6.01. The topological polar surface area (TPSA) is 135 Å². The fraction of sp³-hybridized carbons (Fsp3) is 0.389. The molecule has 3 N–H and O–H groups in total. The lowest BCUT2D eigenvalue weighted by molar-refractivity contribution is -0.137. The molecule has 3 aromatic carbocycles. The van der Waals surface area contributed by atoms with Crippen molar-refractivity contribution >= 4 is 41.0 Å². The summed E-state index contributed by atoms with van der Waals surface area (Å²) in [5.74, 6) is -0.590. The number of urea groups is 2. The summed E-state index contributed by atoms with van der Waals surface area (Å²) in [6.45, 7) is 4.92. The number of carboxylic acids is 1. The molecule has 12 nitrogen and oxygen atoms in total. The van der Waals surface area contributed by atoms with Gasteiger partial charge in [-0.05, 0) is 61.2 Å². The lowest BCUT2D eigenvalue weighted by Crippen LogP contribution is -2.46. The summed E-state index contributed by atoms with van der Waals surface area (Å²) in [5, 5.41) is 14.9. The number of aryl methyl sites for hydroxylation is 1. The summed E-state index contributed by atoms with van der Waals surface area (Å²) < 4.78 is 5.51. The van der Waals surface area contributed by atoms with Crippen molar-refractivity contribution in [1.82, 2.24) is 14.7 Å². The molecule has 12 heteroatoms. The molecule has 1 heterocycles. The number of nitrogens with one attached hydrogen (secondary N) is 2. The minimum atomic E-state index is -0.951. The zero-order chi connectivity index (χ0) is 34.5. The van der Waals surface area contributed by atoms with E-state index in [4.69, 9.17) is 4.74 Å². The second-order valence-electron chi connectivity index (χ2n) is 11.9. The molecule has 0 unspecified atom stereocenters. The van der Waals surface area contributed by atoms with E-state index >= 15 is 0 Å². The molecule has 256 valence electrons. The summed E-state index contributed by atoms with van der Waals surface area (Å²) in [7, 11) is 3.50. The van der Waals surface area contributed by atoms with Crippen LogP contribution in [0.4, 0.5) is 26.7 Å². The van der Waals surface area contributed by atoms with E-state index in [0.29, 0.717) is 69.2 Å². The molecule has 0 aromatic heterocycles. The monoisotopic (exact) mass is 658 g/mol. The Morgan fingerprint density at radius 3 is 2.25 bits per heavy atom. The Kier molecular flexibility index (Phi) is 13.1. The van der Waals surface area contributed by atoms with Crippen LogP contribution in [0.2, 0.25) is 0 Å². The van der Waals surface area contributed by atoms with Gasteiger partial charge in [0.25, 0.3) is 0 Å². The van der Waals surface area contributed by atoms with Crippen LogP contribution in [0.3, 0.4) is 0 Å². The highest BCUT2D eigenvalue weighted by Gasteiger charge is 2.26. The fourth-order valence-electron chi connectivity index (χ4n) is 5.63. The second kappa shape index (κ2) is 17.6. The molecule has 0 aliphatic carbocycles. The molecule has 0 radical (unpaired) electrons. The Balaban J connectivity index is 1.30. The largest absolute Gasteiger partial charge is 0.495 e. The third-order valence-corrected chi connectivity index (χ3v) is 8.37. The van der Waals surface area contributed by atoms with Gasteiger partial charge in [-0.25, -0.2) is 9.59 Å². The van der Waals surface area contributed by atoms with Gasteiger partial charge in [-0.3, -0.25) is 9.59 Å². The van der Waals surface area contributed by atoms with Crippen LogP contribution >= 0.6 is 0 Å². The number of carbonyl (C=O) groups is 4. The Hall–Kier alpha value is -5.26. The lowest BCUT2D eigenvalue weighted by atomic mass is 10.1. The van der Waals surface area contributed by atoms with Crippen molar-refractivity contribution in [2.75, 3.05) is 75.5 Å². The minimum Gasteiger partial charge on any atom is -0.495 e. The predicted molar refractivity (Wildman–Crippen MR) is 187 cm³/mol. The molecule has 1 aliphatic rings. The van der Waals surface area contributed by atoms with Gasteiger partial charge in [0, 0.05) is 64.2 Å². The number of hydrogen-bond donors (Lipinski definition) is 3. The third kappa shape index (κ3) is 10.4. The molecule has 0 saturated carbocycles. The molecule has 0 atom stereocenters. The van der Waals surface area contributed by atoms with Crippen LogP contribution in [-0.2, 0) is 16.0 Å². The quantitative estimate of drug-likeness (QED) is 0.231. The maximum Gasteiger partial charge on any atom is 0.323 e. The predicted octanol–water partition coefficient (Wildman–Crippen LogP) is 5.15. The highest BCUT2D eigenvalue weighted by Crippen LogP contribution is 2.27. The van der Waals surface area contributed by atoms with Crippen molar-refractivity contribution in [2.24, 2.45) is 0 Å². The van der Waals surface area contributed by atoms with Gasteiger partial charge in [0.05, 0.1) is 25.6 Å². The number of carboxylic acid groups (broad SMARTS) is 1. The maximum absolute atomic E-state index is 13.6. The van der Waals surface area contributed by atoms with Crippen molar-refractivity contribution in [3.8, 4) is 5.75 Å². The van der Waals surface area contributed by atoms with Crippen molar-refractivity contribution < 1.29 is 29.0 Å². The van der Waals surface area contributed by atoms with Gasteiger partial charge in [0.2, 0.25) is 5.91 Å². The van der Waals surface area contributed by atoms with Gasteiger partial charge in [-0.15, -0.1) is 0 Å². The van der Waals surface area contributed by atoms with Gasteiger partial charge in [-0.1, -0.05) is 42.5 Å². The first-order valence-corrected chi connectivity index (χ1v) is 16.2. The number of amides is 5. The minimum absolute atomic E-state index is 0.0731. The van der Waals surface area contributed by atoms with Crippen LogP contribution in [0.25, 0.3) is 0 Å². The SMILES string of the molecule is COc1cc(CC(=O)N2CCCN(C(=O)N(CCCN(C)c3ccccc3)CCC(=O)O)CC2)ccc1NC(=O)Nc1ccccc1C. The number of anilines is 3. The second-order valence-corrected chi connectivity index (χ2v) is 11.9. The van der Waals surface area contributed by atoms with Gasteiger partial charge in [0.15, 0.2) is 0 Å². The Morgan fingerprint density at radius 1 is 0.833 bits per heavy atom. The molecule has 3 aromatic rings. The first-order valence-electron chi connectivity index (χ1n) is 16.2. The maximum atomic E-state index is 13.6. The molecule has 5 amide bonds. The Bertz CT molecular complexity index is 1550. The first-order chi connectivity index (χ1) is 23.1. The van der Waals surface area contributed by atoms with E-state index in [1.807, 2.05) is 68.6 Å². The first kappa shape index (κ1) is 35.6. The van der Waals surface area contributed by atoms with Gasteiger partial charge < -0.3 is 40.1 Å². The summed E-state index contributed by atoms with van der Waals surface area (Å²) in [6, 6.07) is 22.1. The molecular weight excluding hydrogens is 612 g/mol. The number of para-hydroxylation sites is 2. The van der Waals surface area contributed by atoms with E-state index in [1.54, 1.807) is 32.9 Å².